The van der Waals surface area contributed by atoms with E-state index in [0.29, 0.717) is 0 Å². The number of nitrogens with zero attached hydrogens (tertiary/aromatic N) is 4. The van der Waals surface area contributed by atoms with Gasteiger partial charge in [0.2, 0.25) is 0 Å². The van der Waals surface area contributed by atoms with E-state index in [1.54, 1.807) is 18.3 Å². The third-order valence-corrected chi connectivity index (χ3v) is 17.1. The van der Waals surface area contributed by atoms with Gasteiger partial charge in [-0.25, -0.2) is 9.59 Å². The van der Waals surface area contributed by atoms with Gasteiger partial charge in [0.05, 0.1) is 44.8 Å². The minimum Gasteiger partial charge on any atom is -0.455 e. The Labute approximate surface area is 474 Å². The van der Waals surface area contributed by atoms with E-state index in [0.717, 1.165) is 111 Å². The van der Waals surface area contributed by atoms with Crippen molar-refractivity contribution in [3.8, 4) is 67.3 Å². The van der Waals surface area contributed by atoms with Crippen molar-refractivity contribution in [3.05, 3.63) is 300 Å². The summed E-state index contributed by atoms with van der Waals surface area (Å²) in [5.74, 6) is 0. The maximum Gasteiger partial charge on any atom is 0.338 e. The number of fused-ring (bicyclic) bond motifs is 7. The van der Waals surface area contributed by atoms with Gasteiger partial charge in [0.1, 0.15) is 11.2 Å². The Morgan fingerprint density at radius 1 is 0.253 bits per heavy atom. The summed E-state index contributed by atoms with van der Waals surface area (Å²) in [6.07, 6.45) is 0. The van der Waals surface area contributed by atoms with Crippen LogP contribution in [0.5, 0.6) is 0 Å². The van der Waals surface area contributed by atoms with Crippen LogP contribution in [0.2, 0.25) is 0 Å². The van der Waals surface area contributed by atoms with Gasteiger partial charge >= 0.3 is 11.4 Å². The quantitative estimate of drug-likeness (QED) is 0.142. The fourth-order valence-electron chi connectivity index (χ4n) is 13.1. The zero-order chi connectivity index (χ0) is 54.9. The smallest absolute Gasteiger partial charge is 0.338 e. The maximum absolute atomic E-state index is 14.7. The van der Waals surface area contributed by atoms with Crippen molar-refractivity contribution in [1.82, 2.24) is 18.3 Å². The lowest BCUT2D eigenvalue weighted by Crippen LogP contribution is -2.22. The van der Waals surface area contributed by atoms with Crippen LogP contribution in [0, 0.1) is 0 Å². The Hall–Kier alpha value is -11.3. The molecule has 17 aromatic rings. The molecule has 0 saturated heterocycles. The van der Waals surface area contributed by atoms with E-state index in [9.17, 15) is 9.59 Å². The summed E-state index contributed by atoms with van der Waals surface area (Å²) in [5, 5.41) is 11.8. The molecule has 388 valence electrons. The van der Waals surface area contributed by atoms with E-state index in [1.165, 1.54) is 43.4 Å². The van der Waals surface area contributed by atoms with E-state index >= 15 is 0 Å². The third-order valence-electron chi connectivity index (χ3n) is 17.1. The van der Waals surface area contributed by atoms with E-state index in [4.69, 9.17) is 4.42 Å². The van der Waals surface area contributed by atoms with Gasteiger partial charge in [-0.1, -0.05) is 188 Å². The minimum absolute atomic E-state index is 0.123. The lowest BCUT2D eigenvalue weighted by Gasteiger charge is -2.14. The summed E-state index contributed by atoms with van der Waals surface area (Å²) >= 11 is 0. The topological polar surface area (TPSA) is 67.0 Å². The standard InChI is InChI=1S/C76H46N4O3/c81-75-77(56-13-2-1-3-14-56)67-17-6-7-18-68(67)80(75)59-40-31-51(32-41-59)64-46-66-65-45-55(35-44-71(65)83-74(66)63-16-5-4-15-61(63)64)49-29-38-58(39-30-49)79-70-20-9-8-19-69(70)78(76(79)82)57-36-27-48(28-37-57)47-21-23-50(24-22-47)60-42-33-54-26-25-52-11-10-12-53-34-43-62(60)73(54)72(52)53/h1-46H. The zero-order valence-corrected chi connectivity index (χ0v) is 44.6. The van der Waals surface area contributed by atoms with E-state index in [-0.39, 0.29) is 11.4 Å². The molecule has 0 spiro atoms. The second-order valence-electron chi connectivity index (χ2n) is 21.6. The predicted molar refractivity (Wildman–Crippen MR) is 342 cm³/mol. The molecule has 7 nitrogen and oxygen atoms in total. The van der Waals surface area contributed by atoms with E-state index in [2.05, 4.69) is 164 Å². The summed E-state index contributed by atoms with van der Waals surface area (Å²) < 4.78 is 13.9. The molecule has 0 amide bonds. The largest absolute Gasteiger partial charge is 0.455 e. The van der Waals surface area contributed by atoms with Gasteiger partial charge in [0.15, 0.2) is 0 Å². The Kier molecular flexibility index (Phi) is 10.2. The first-order valence-corrected chi connectivity index (χ1v) is 28.0. The van der Waals surface area contributed by atoms with Gasteiger partial charge < -0.3 is 4.42 Å². The summed E-state index contributed by atoms with van der Waals surface area (Å²) in [4.78, 5) is 28.9. The zero-order valence-electron chi connectivity index (χ0n) is 44.6. The fourth-order valence-corrected chi connectivity index (χ4v) is 13.1. The number of hydrogen-bond donors (Lipinski definition) is 0. The van der Waals surface area contributed by atoms with E-state index in [1.807, 2.05) is 115 Å². The monoisotopic (exact) mass is 1060 g/mol. The molecule has 0 aliphatic rings. The first-order chi connectivity index (χ1) is 41.0. The van der Waals surface area contributed by atoms with Crippen LogP contribution in [0.1, 0.15) is 0 Å². The molecule has 0 aliphatic carbocycles. The van der Waals surface area contributed by atoms with Crippen molar-refractivity contribution < 1.29 is 4.42 Å². The van der Waals surface area contributed by atoms with Crippen LogP contribution in [0.15, 0.2) is 293 Å². The van der Waals surface area contributed by atoms with Crippen LogP contribution >= 0.6 is 0 Å². The average molecular weight is 1060 g/mol. The fraction of sp³-hybridized carbons (Fsp3) is 0. The molecule has 17 rings (SSSR count). The highest BCUT2D eigenvalue weighted by Crippen LogP contribution is 2.43. The molecular weight excluding hydrogens is 1020 g/mol. The first kappa shape index (κ1) is 46.6. The van der Waals surface area contributed by atoms with Crippen molar-refractivity contribution in [3.63, 3.8) is 0 Å². The molecule has 0 N–H and O–H groups in total. The van der Waals surface area contributed by atoms with Gasteiger partial charge in [0.25, 0.3) is 0 Å². The van der Waals surface area contributed by atoms with Crippen LogP contribution in [-0.2, 0) is 0 Å². The van der Waals surface area contributed by atoms with Crippen molar-refractivity contribution in [2.45, 2.75) is 0 Å². The lowest BCUT2D eigenvalue weighted by atomic mass is 9.89. The van der Waals surface area contributed by atoms with Crippen LogP contribution in [0.4, 0.5) is 0 Å². The normalized spacial score (nSPS) is 12.0. The van der Waals surface area contributed by atoms with Crippen LogP contribution in [0.3, 0.4) is 0 Å². The number of aromatic nitrogens is 4. The average Bonchev–Trinajstić information content (AvgIpc) is 4.34. The summed E-state index contributed by atoms with van der Waals surface area (Å²) in [5.41, 5.74) is 16.6. The number of hydrogen-bond acceptors (Lipinski definition) is 3. The highest BCUT2D eigenvalue weighted by Gasteiger charge is 2.21. The molecule has 0 saturated carbocycles. The Bertz CT molecular complexity index is 5550. The third kappa shape index (κ3) is 7.18. The van der Waals surface area contributed by atoms with E-state index < -0.39 is 0 Å². The highest BCUT2D eigenvalue weighted by atomic mass is 16.3. The number of imidazole rings is 2. The lowest BCUT2D eigenvalue weighted by molar-refractivity contribution is 0.673. The Balaban J connectivity index is 0.677. The maximum atomic E-state index is 14.7. The van der Waals surface area contributed by atoms with Gasteiger partial charge in [-0.3, -0.25) is 18.3 Å². The molecule has 0 aliphatic heterocycles. The van der Waals surface area contributed by atoms with Gasteiger partial charge in [-0.2, -0.15) is 0 Å². The highest BCUT2D eigenvalue weighted by molar-refractivity contribution is 6.25. The minimum atomic E-state index is -0.141. The number of para-hydroxylation sites is 5. The molecule has 3 heterocycles. The van der Waals surface area contributed by atoms with Crippen LogP contribution < -0.4 is 11.4 Å². The second-order valence-corrected chi connectivity index (χ2v) is 21.6. The number of benzene rings is 14. The van der Waals surface area contributed by atoms with Crippen molar-refractivity contribution in [1.29, 1.82) is 0 Å². The molecule has 0 bridgehead atoms. The molecule has 0 unspecified atom stereocenters. The predicted octanol–water partition coefficient (Wildman–Crippen LogP) is 18.5. The molecule has 7 heteroatoms. The SMILES string of the molecule is O=c1n(-c2ccc(-c3ccc(-c4ccc5ccc6cccc7ccc4c5c67)cc3)cc2)c2ccccc2n1-c1ccc(-c2ccc3oc4c5ccccc5c(-c5ccc(-n6c(=O)n(-c7ccccc7)c7ccccc76)cc5)cc4c3c2)cc1. The second kappa shape index (κ2) is 18.1. The molecule has 14 aromatic carbocycles. The molecular formula is C76H46N4O3. The number of furan rings is 1. The molecule has 0 atom stereocenters. The van der Waals surface area contributed by atoms with Crippen LogP contribution in [0.25, 0.3) is 154 Å². The van der Waals surface area contributed by atoms with Crippen molar-refractivity contribution in [2.75, 3.05) is 0 Å². The Morgan fingerprint density at radius 2 is 0.675 bits per heavy atom. The van der Waals surface area contributed by atoms with Gasteiger partial charge in [-0.15, -0.1) is 0 Å². The Morgan fingerprint density at radius 3 is 1.25 bits per heavy atom. The summed E-state index contributed by atoms with van der Waals surface area (Å²) in [6.45, 7) is 0. The molecule has 83 heavy (non-hydrogen) atoms. The molecule has 3 aromatic heterocycles. The first-order valence-electron chi connectivity index (χ1n) is 28.0. The molecule has 0 radical (unpaired) electrons. The van der Waals surface area contributed by atoms with Gasteiger partial charge in [0, 0.05) is 16.2 Å². The van der Waals surface area contributed by atoms with Crippen molar-refractivity contribution >= 4 is 87.1 Å². The van der Waals surface area contributed by atoms with Crippen LogP contribution in [-0.4, -0.2) is 18.3 Å². The summed E-state index contributed by atoms with van der Waals surface area (Å²) in [7, 11) is 0. The number of rotatable bonds is 8. The summed E-state index contributed by atoms with van der Waals surface area (Å²) in [6, 6.07) is 96.3. The van der Waals surface area contributed by atoms with Crippen molar-refractivity contribution in [2.24, 2.45) is 0 Å². The van der Waals surface area contributed by atoms with Gasteiger partial charge in [-0.05, 0) is 173 Å². The molecule has 0 fully saturated rings.